The first-order valence-electron chi connectivity index (χ1n) is 5.78. The fourth-order valence-corrected chi connectivity index (χ4v) is 3.02. The van der Waals surface area contributed by atoms with Crippen LogP contribution in [0.2, 0.25) is 5.02 Å². The van der Waals surface area contributed by atoms with Crippen LogP contribution in [0.3, 0.4) is 0 Å². The molecule has 4 heteroatoms. The van der Waals surface area contributed by atoms with Gasteiger partial charge in [0.05, 0.1) is 5.56 Å². The van der Waals surface area contributed by atoms with Crippen molar-refractivity contribution >= 4 is 29.3 Å². The molecule has 0 spiro atoms. The lowest BCUT2D eigenvalue weighted by atomic mass is 10.1. The Kier molecular flexibility index (Phi) is 4.51. The van der Waals surface area contributed by atoms with Gasteiger partial charge in [0.25, 0.3) is 0 Å². The van der Waals surface area contributed by atoms with E-state index in [1.54, 1.807) is 6.07 Å². The highest BCUT2D eigenvalue weighted by atomic mass is 35.5. The second-order valence-corrected chi connectivity index (χ2v) is 5.61. The number of hydrogen-bond acceptors (Lipinski definition) is 2. The molecule has 2 aromatic carbocycles. The number of rotatable bonds is 4. The lowest BCUT2D eigenvalue weighted by Gasteiger charge is -2.08. The van der Waals surface area contributed by atoms with Crippen LogP contribution >= 0.6 is 23.4 Å². The zero-order valence-electron chi connectivity index (χ0n) is 10.4. The molecule has 98 valence electrons. The molecular weight excluding hydrogens is 280 g/mol. The Morgan fingerprint density at radius 2 is 2.00 bits per heavy atom. The molecule has 0 saturated carbocycles. The molecule has 0 heterocycles. The largest absolute Gasteiger partial charge is 0.478 e. The molecule has 1 N–H and O–H groups in total. The van der Waals surface area contributed by atoms with E-state index in [1.165, 1.54) is 11.8 Å². The minimum absolute atomic E-state index is 0.344. The first-order valence-corrected chi connectivity index (χ1v) is 7.14. The van der Waals surface area contributed by atoms with Crippen LogP contribution in [0.25, 0.3) is 0 Å². The van der Waals surface area contributed by atoms with Gasteiger partial charge in [-0.3, -0.25) is 0 Å². The Labute approximate surface area is 121 Å². The van der Waals surface area contributed by atoms with Crippen molar-refractivity contribution in [3.63, 3.8) is 0 Å². The summed E-state index contributed by atoms with van der Waals surface area (Å²) in [5.41, 5.74) is 2.29. The van der Waals surface area contributed by atoms with Gasteiger partial charge in [0.2, 0.25) is 0 Å². The maximum atomic E-state index is 11.2. The smallest absolute Gasteiger partial charge is 0.336 e. The van der Waals surface area contributed by atoms with Gasteiger partial charge in [0.1, 0.15) is 0 Å². The highest BCUT2D eigenvalue weighted by molar-refractivity contribution is 7.98. The highest BCUT2D eigenvalue weighted by Crippen LogP contribution is 2.29. The van der Waals surface area contributed by atoms with E-state index >= 15 is 0 Å². The zero-order chi connectivity index (χ0) is 13.8. The van der Waals surface area contributed by atoms with Gasteiger partial charge in [-0.1, -0.05) is 41.4 Å². The maximum Gasteiger partial charge on any atom is 0.336 e. The molecule has 0 aliphatic heterocycles. The number of aromatic carboxylic acids is 1. The number of carboxylic acid groups (broad SMARTS) is 1. The predicted molar refractivity (Wildman–Crippen MR) is 79.2 cm³/mol. The van der Waals surface area contributed by atoms with Crippen molar-refractivity contribution in [3.05, 3.63) is 64.2 Å². The van der Waals surface area contributed by atoms with Crippen LogP contribution in [0.5, 0.6) is 0 Å². The van der Waals surface area contributed by atoms with Crippen molar-refractivity contribution in [3.8, 4) is 0 Å². The summed E-state index contributed by atoms with van der Waals surface area (Å²) in [6.45, 7) is 1.88. The second-order valence-electron chi connectivity index (χ2n) is 4.18. The van der Waals surface area contributed by atoms with Crippen molar-refractivity contribution in [2.45, 2.75) is 17.6 Å². The third kappa shape index (κ3) is 3.52. The summed E-state index contributed by atoms with van der Waals surface area (Å²) in [7, 11) is 0. The summed E-state index contributed by atoms with van der Waals surface area (Å²) in [5, 5.41) is 9.91. The van der Waals surface area contributed by atoms with Crippen LogP contribution < -0.4 is 0 Å². The van der Waals surface area contributed by atoms with Gasteiger partial charge in [-0.05, 0) is 30.7 Å². The van der Waals surface area contributed by atoms with Crippen LogP contribution in [-0.2, 0) is 5.75 Å². The average Bonchev–Trinajstić information content (AvgIpc) is 2.38. The van der Waals surface area contributed by atoms with Crippen LogP contribution in [0.1, 0.15) is 21.5 Å². The first-order chi connectivity index (χ1) is 9.08. The first kappa shape index (κ1) is 14.0. The Bertz CT molecular complexity index is 611. The molecule has 0 unspecified atom stereocenters. The second kappa shape index (κ2) is 6.13. The number of carboxylic acids is 1. The van der Waals surface area contributed by atoms with Crippen LogP contribution in [0, 0.1) is 6.92 Å². The zero-order valence-corrected chi connectivity index (χ0v) is 12.0. The quantitative estimate of drug-likeness (QED) is 0.834. The Balaban J connectivity index is 2.20. The fourth-order valence-electron chi connectivity index (χ4n) is 1.71. The molecule has 0 aliphatic carbocycles. The Morgan fingerprint density at radius 1 is 1.26 bits per heavy atom. The topological polar surface area (TPSA) is 37.3 Å². The van der Waals surface area contributed by atoms with Gasteiger partial charge < -0.3 is 5.11 Å². The van der Waals surface area contributed by atoms with Crippen molar-refractivity contribution in [2.24, 2.45) is 0 Å². The van der Waals surface area contributed by atoms with E-state index in [9.17, 15) is 9.90 Å². The van der Waals surface area contributed by atoms with Crippen LogP contribution in [-0.4, -0.2) is 11.1 Å². The van der Waals surface area contributed by atoms with Gasteiger partial charge in [-0.25, -0.2) is 4.79 Å². The molecule has 0 fully saturated rings. The number of aryl methyl sites for hydroxylation is 1. The molecule has 0 aliphatic rings. The van der Waals surface area contributed by atoms with E-state index in [4.69, 9.17) is 11.6 Å². The van der Waals surface area contributed by atoms with Gasteiger partial charge in [-0.15, -0.1) is 11.8 Å². The van der Waals surface area contributed by atoms with E-state index in [1.807, 2.05) is 43.3 Å². The summed E-state index contributed by atoms with van der Waals surface area (Å²) in [6.07, 6.45) is 0. The summed E-state index contributed by atoms with van der Waals surface area (Å²) in [5.74, 6) is -0.242. The average molecular weight is 293 g/mol. The lowest BCUT2D eigenvalue weighted by molar-refractivity contribution is 0.0693. The van der Waals surface area contributed by atoms with E-state index in [0.29, 0.717) is 16.3 Å². The molecule has 2 nitrogen and oxygen atoms in total. The maximum absolute atomic E-state index is 11.2. The van der Waals surface area contributed by atoms with Crippen LogP contribution in [0.4, 0.5) is 0 Å². The number of hydrogen-bond donors (Lipinski definition) is 1. The van der Waals surface area contributed by atoms with Crippen molar-refractivity contribution < 1.29 is 9.90 Å². The minimum Gasteiger partial charge on any atom is -0.478 e. The molecule has 19 heavy (non-hydrogen) atoms. The molecule has 0 radical (unpaired) electrons. The molecule has 0 saturated heterocycles. The van der Waals surface area contributed by atoms with Crippen molar-refractivity contribution in [2.75, 3.05) is 0 Å². The summed E-state index contributed by atoms with van der Waals surface area (Å²) < 4.78 is 0. The van der Waals surface area contributed by atoms with Gasteiger partial charge in [0, 0.05) is 15.7 Å². The van der Waals surface area contributed by atoms with Crippen molar-refractivity contribution in [1.82, 2.24) is 0 Å². The molecule has 0 aromatic heterocycles. The fraction of sp³-hybridized carbons (Fsp3) is 0.133. The van der Waals surface area contributed by atoms with Gasteiger partial charge in [0.15, 0.2) is 0 Å². The number of thioether (sulfide) groups is 1. The number of carbonyl (C=O) groups is 1. The Hall–Kier alpha value is -1.45. The molecule has 0 atom stereocenters. The van der Waals surface area contributed by atoms with Crippen molar-refractivity contribution in [1.29, 1.82) is 0 Å². The van der Waals surface area contributed by atoms with Gasteiger partial charge in [-0.2, -0.15) is 0 Å². The third-order valence-electron chi connectivity index (χ3n) is 2.71. The summed E-state index contributed by atoms with van der Waals surface area (Å²) >= 11 is 7.57. The number of benzene rings is 2. The van der Waals surface area contributed by atoms with Crippen LogP contribution in [0.15, 0.2) is 47.4 Å². The monoisotopic (exact) mass is 292 g/mol. The molecule has 0 amide bonds. The summed E-state index contributed by atoms with van der Waals surface area (Å²) in [4.78, 5) is 12.0. The summed E-state index contributed by atoms with van der Waals surface area (Å²) in [6, 6.07) is 13.0. The number of halogens is 1. The predicted octanol–water partition coefficient (Wildman–Crippen LogP) is 4.64. The van der Waals surface area contributed by atoms with E-state index in [-0.39, 0.29) is 0 Å². The van der Waals surface area contributed by atoms with E-state index < -0.39 is 5.97 Å². The SMILES string of the molecule is Cc1ccc(SCc2ccccc2Cl)c(C(=O)O)c1. The highest BCUT2D eigenvalue weighted by Gasteiger charge is 2.11. The normalized spacial score (nSPS) is 10.4. The Morgan fingerprint density at radius 3 is 2.68 bits per heavy atom. The third-order valence-corrected chi connectivity index (χ3v) is 4.20. The van der Waals surface area contributed by atoms with E-state index in [0.717, 1.165) is 16.0 Å². The lowest BCUT2D eigenvalue weighted by Crippen LogP contribution is -1.99. The molecular formula is C15H13ClO2S. The molecule has 0 bridgehead atoms. The molecule has 2 rings (SSSR count). The van der Waals surface area contributed by atoms with E-state index in [2.05, 4.69) is 0 Å². The standard InChI is InChI=1S/C15H13ClO2S/c1-10-6-7-14(12(8-10)15(17)18)19-9-11-4-2-3-5-13(11)16/h2-8H,9H2,1H3,(H,17,18). The van der Waals surface area contributed by atoms with Gasteiger partial charge >= 0.3 is 5.97 Å². The molecule has 2 aromatic rings. The minimum atomic E-state index is -0.898.